The highest BCUT2D eigenvalue weighted by Crippen LogP contribution is 2.23. The van der Waals surface area contributed by atoms with Gasteiger partial charge >= 0.3 is 0 Å². The molecule has 4 heterocycles. The van der Waals surface area contributed by atoms with Gasteiger partial charge in [0.1, 0.15) is 5.82 Å². The minimum atomic E-state index is -0.00108. The molecular weight excluding hydrogens is 344 g/mol. The van der Waals surface area contributed by atoms with Crippen molar-refractivity contribution in [1.29, 1.82) is 0 Å². The number of nitrogens with zero attached hydrogens (tertiary/aromatic N) is 5. The number of hydrogen-bond donors (Lipinski definition) is 1. The minimum absolute atomic E-state index is 0.00108. The van der Waals surface area contributed by atoms with E-state index in [1.54, 1.807) is 24.5 Å². The normalized spacial score (nSPS) is 20.2. The minimum Gasteiger partial charge on any atom is -0.339 e. The van der Waals surface area contributed by atoms with Crippen LogP contribution in [-0.2, 0) is 16.0 Å². The van der Waals surface area contributed by atoms with Gasteiger partial charge in [0.2, 0.25) is 11.8 Å². The van der Waals surface area contributed by atoms with E-state index in [9.17, 15) is 9.59 Å². The van der Waals surface area contributed by atoms with Gasteiger partial charge in [-0.15, -0.1) is 5.10 Å². The molecule has 1 saturated heterocycles. The first-order valence-electron chi connectivity index (χ1n) is 9.30. The monoisotopic (exact) mass is 366 g/mol. The fourth-order valence-electron chi connectivity index (χ4n) is 3.61. The predicted molar refractivity (Wildman–Crippen MR) is 99.7 cm³/mol. The first-order valence-corrected chi connectivity index (χ1v) is 9.30. The van der Waals surface area contributed by atoms with Crippen LogP contribution in [0, 0.1) is 0 Å². The molecule has 0 aromatic carbocycles. The Bertz CT molecular complexity index is 861. The van der Waals surface area contributed by atoms with Crippen LogP contribution in [0.1, 0.15) is 42.9 Å². The molecule has 0 bridgehead atoms. The van der Waals surface area contributed by atoms with E-state index in [1.807, 2.05) is 21.8 Å². The van der Waals surface area contributed by atoms with Gasteiger partial charge in [-0.1, -0.05) is 5.21 Å². The summed E-state index contributed by atoms with van der Waals surface area (Å²) in [5, 5.41) is 10.7. The Balaban J connectivity index is 1.38. The number of pyridine rings is 1. The second kappa shape index (κ2) is 7.69. The van der Waals surface area contributed by atoms with Gasteiger partial charge in [-0.25, -0.2) is 9.67 Å². The Labute approximate surface area is 157 Å². The van der Waals surface area contributed by atoms with Gasteiger partial charge in [-0.05, 0) is 49.0 Å². The fourth-order valence-corrected chi connectivity index (χ4v) is 3.61. The van der Waals surface area contributed by atoms with Crippen molar-refractivity contribution in [1.82, 2.24) is 24.9 Å². The molecule has 0 saturated carbocycles. The fraction of sp³-hybridized carbons (Fsp3) is 0.421. The molecule has 1 fully saturated rings. The van der Waals surface area contributed by atoms with E-state index in [-0.39, 0.29) is 11.8 Å². The zero-order chi connectivity index (χ0) is 18.6. The van der Waals surface area contributed by atoms with Gasteiger partial charge in [0.15, 0.2) is 0 Å². The highest BCUT2D eigenvalue weighted by molar-refractivity contribution is 5.93. The van der Waals surface area contributed by atoms with Crippen LogP contribution in [0.3, 0.4) is 0 Å². The average molecular weight is 366 g/mol. The van der Waals surface area contributed by atoms with Gasteiger partial charge in [-0.2, -0.15) is 0 Å². The van der Waals surface area contributed by atoms with Crippen LogP contribution in [0.5, 0.6) is 0 Å². The van der Waals surface area contributed by atoms with Gasteiger partial charge < -0.3 is 10.2 Å². The Morgan fingerprint density at radius 3 is 3.04 bits per heavy atom. The molecule has 2 aliphatic rings. The number of hydrogen-bond acceptors (Lipinski definition) is 5. The summed E-state index contributed by atoms with van der Waals surface area (Å²) >= 11 is 0. The van der Waals surface area contributed by atoms with E-state index in [0.717, 1.165) is 36.9 Å². The quantitative estimate of drug-likeness (QED) is 0.837. The van der Waals surface area contributed by atoms with Crippen molar-refractivity contribution >= 4 is 23.7 Å². The van der Waals surface area contributed by atoms with Gasteiger partial charge in [0, 0.05) is 38.0 Å². The zero-order valence-electron chi connectivity index (χ0n) is 15.0. The SMILES string of the molecule is O=C1CCc2cc(/C=C/C(=O)N3CCCC(n4ccnn4)CC3)cnc2N1. The molecule has 0 radical (unpaired) electrons. The molecule has 0 aliphatic carbocycles. The largest absolute Gasteiger partial charge is 0.339 e. The summed E-state index contributed by atoms with van der Waals surface area (Å²) in [4.78, 5) is 30.2. The van der Waals surface area contributed by atoms with Crippen LogP contribution >= 0.6 is 0 Å². The summed E-state index contributed by atoms with van der Waals surface area (Å²) in [6, 6.07) is 2.28. The maximum atomic E-state index is 12.6. The molecule has 27 heavy (non-hydrogen) atoms. The summed E-state index contributed by atoms with van der Waals surface area (Å²) < 4.78 is 1.89. The summed E-state index contributed by atoms with van der Waals surface area (Å²) in [6.07, 6.45) is 12.6. The molecule has 8 nitrogen and oxygen atoms in total. The summed E-state index contributed by atoms with van der Waals surface area (Å²) in [7, 11) is 0. The average Bonchev–Trinajstić information content (AvgIpc) is 3.10. The van der Waals surface area contributed by atoms with Crippen molar-refractivity contribution < 1.29 is 9.59 Å². The van der Waals surface area contributed by atoms with E-state index in [1.165, 1.54) is 0 Å². The first-order chi connectivity index (χ1) is 13.2. The number of aryl methyl sites for hydroxylation is 1. The molecular formula is C19H22N6O2. The van der Waals surface area contributed by atoms with E-state index in [2.05, 4.69) is 20.6 Å². The second-order valence-corrected chi connectivity index (χ2v) is 6.95. The van der Waals surface area contributed by atoms with Crippen molar-refractivity contribution in [2.75, 3.05) is 18.4 Å². The smallest absolute Gasteiger partial charge is 0.246 e. The lowest BCUT2D eigenvalue weighted by molar-refractivity contribution is -0.126. The third-order valence-corrected chi connectivity index (χ3v) is 5.11. The Morgan fingerprint density at radius 1 is 1.26 bits per heavy atom. The number of nitrogens with one attached hydrogen (secondary N) is 1. The zero-order valence-corrected chi connectivity index (χ0v) is 15.0. The number of fused-ring (bicyclic) bond motifs is 1. The van der Waals surface area contributed by atoms with E-state index < -0.39 is 0 Å². The van der Waals surface area contributed by atoms with Crippen LogP contribution in [0.15, 0.2) is 30.7 Å². The number of amides is 2. The van der Waals surface area contributed by atoms with Crippen LogP contribution in [0.2, 0.25) is 0 Å². The lowest BCUT2D eigenvalue weighted by atomic mass is 10.0. The standard InChI is InChI=1S/C19H22N6O2/c26-17-5-4-15-12-14(13-20-19(15)22-17)3-6-18(27)24-9-1-2-16(7-10-24)25-11-8-21-23-25/h3,6,8,11-13,16H,1-2,4-5,7,9-10H2,(H,20,22,26)/b6-3+. The molecule has 4 rings (SSSR count). The third-order valence-electron chi connectivity index (χ3n) is 5.11. The number of aromatic nitrogens is 4. The molecule has 2 aromatic rings. The van der Waals surface area contributed by atoms with Gasteiger partial charge in [0.25, 0.3) is 0 Å². The lowest BCUT2D eigenvalue weighted by Gasteiger charge is -2.19. The molecule has 1 N–H and O–H groups in total. The molecule has 8 heteroatoms. The molecule has 1 atom stereocenters. The van der Waals surface area contributed by atoms with Crippen LogP contribution in [0.25, 0.3) is 6.08 Å². The summed E-state index contributed by atoms with van der Waals surface area (Å²) in [5.41, 5.74) is 1.88. The first kappa shape index (κ1) is 17.4. The highest BCUT2D eigenvalue weighted by atomic mass is 16.2. The Hall–Kier alpha value is -3.03. The van der Waals surface area contributed by atoms with Crippen molar-refractivity contribution in [3.8, 4) is 0 Å². The molecule has 140 valence electrons. The lowest BCUT2D eigenvalue weighted by Crippen LogP contribution is -2.30. The molecule has 1 unspecified atom stereocenters. The van der Waals surface area contributed by atoms with E-state index in [0.29, 0.717) is 31.2 Å². The third kappa shape index (κ3) is 4.05. The molecule has 0 spiro atoms. The van der Waals surface area contributed by atoms with Crippen LogP contribution in [0.4, 0.5) is 5.82 Å². The van der Waals surface area contributed by atoms with Gasteiger partial charge in [0.05, 0.1) is 12.2 Å². The van der Waals surface area contributed by atoms with Crippen LogP contribution < -0.4 is 5.32 Å². The van der Waals surface area contributed by atoms with Crippen molar-refractivity contribution in [3.05, 3.63) is 41.9 Å². The number of carbonyl (C=O) groups is 2. The second-order valence-electron chi connectivity index (χ2n) is 6.95. The number of rotatable bonds is 3. The maximum absolute atomic E-state index is 12.6. The van der Waals surface area contributed by atoms with Crippen LogP contribution in [-0.4, -0.2) is 49.8 Å². The topological polar surface area (TPSA) is 93.0 Å². The molecule has 2 amide bonds. The van der Waals surface area contributed by atoms with Crippen molar-refractivity contribution in [2.24, 2.45) is 0 Å². The molecule has 2 aromatic heterocycles. The summed E-state index contributed by atoms with van der Waals surface area (Å²) in [5.74, 6) is 0.639. The maximum Gasteiger partial charge on any atom is 0.246 e. The number of carbonyl (C=O) groups excluding carboxylic acids is 2. The Morgan fingerprint density at radius 2 is 2.19 bits per heavy atom. The van der Waals surface area contributed by atoms with E-state index >= 15 is 0 Å². The van der Waals surface area contributed by atoms with Gasteiger partial charge in [-0.3, -0.25) is 9.59 Å². The molecule has 2 aliphatic heterocycles. The predicted octanol–water partition coefficient (Wildman–Crippen LogP) is 1.82. The van der Waals surface area contributed by atoms with Crippen molar-refractivity contribution in [2.45, 2.75) is 38.1 Å². The highest BCUT2D eigenvalue weighted by Gasteiger charge is 2.21. The number of anilines is 1. The van der Waals surface area contributed by atoms with Crippen molar-refractivity contribution in [3.63, 3.8) is 0 Å². The number of likely N-dealkylation sites (tertiary alicyclic amines) is 1. The Kier molecular flexibility index (Phi) is 4.95. The summed E-state index contributed by atoms with van der Waals surface area (Å²) in [6.45, 7) is 1.46. The van der Waals surface area contributed by atoms with E-state index in [4.69, 9.17) is 0 Å².